The van der Waals surface area contributed by atoms with Crippen molar-refractivity contribution in [3.05, 3.63) is 18.7 Å². The number of aromatic nitrogens is 2. The van der Waals surface area contributed by atoms with Crippen molar-refractivity contribution >= 4 is 0 Å². The molecule has 0 radical (unpaired) electrons. The average Bonchev–Trinajstić information content (AvgIpc) is 3.25. The van der Waals surface area contributed by atoms with E-state index in [0.717, 1.165) is 0 Å². The van der Waals surface area contributed by atoms with Gasteiger partial charge in [-0.1, -0.05) is 123 Å². The molecular formula is C29H57N2+. The fourth-order valence-corrected chi connectivity index (χ4v) is 4.66. The van der Waals surface area contributed by atoms with E-state index in [0.29, 0.717) is 6.04 Å². The molecule has 1 unspecified atom stereocenters. The number of unbranched alkanes of at least 4 members (excludes halogenated alkanes) is 18. The molecule has 1 heterocycles. The Morgan fingerprint density at radius 3 is 1.48 bits per heavy atom. The van der Waals surface area contributed by atoms with Crippen molar-refractivity contribution < 1.29 is 4.57 Å². The number of rotatable bonds is 23. The summed E-state index contributed by atoms with van der Waals surface area (Å²) in [4.78, 5) is 0. The van der Waals surface area contributed by atoms with Gasteiger partial charge in [-0.25, -0.2) is 9.13 Å². The predicted molar refractivity (Wildman–Crippen MR) is 138 cm³/mol. The van der Waals surface area contributed by atoms with Gasteiger partial charge in [-0.3, -0.25) is 0 Å². The Balaban J connectivity index is 1.91. The lowest BCUT2D eigenvalue weighted by atomic mass is 10.0. The minimum atomic E-state index is 0.642. The summed E-state index contributed by atoms with van der Waals surface area (Å²) in [5.41, 5.74) is 0. The Kier molecular flexibility index (Phi) is 19.2. The highest BCUT2D eigenvalue weighted by atomic mass is 15.1. The second kappa shape index (κ2) is 21.1. The fraction of sp³-hybridized carbons (Fsp3) is 0.897. The summed E-state index contributed by atoms with van der Waals surface area (Å²) in [6.07, 6.45) is 36.7. The Hall–Kier alpha value is -0.790. The van der Waals surface area contributed by atoms with Crippen LogP contribution in [0.4, 0.5) is 0 Å². The Bertz CT molecular complexity index is 479. The molecule has 2 heteroatoms. The third kappa shape index (κ3) is 16.5. The number of hydrogen-bond acceptors (Lipinski definition) is 0. The van der Waals surface area contributed by atoms with Crippen molar-refractivity contribution in [2.75, 3.05) is 0 Å². The molecule has 0 fully saturated rings. The predicted octanol–water partition coefficient (Wildman–Crippen LogP) is 9.57. The first-order chi connectivity index (χ1) is 15.3. The van der Waals surface area contributed by atoms with E-state index in [1.54, 1.807) is 0 Å². The molecule has 0 amide bonds. The Morgan fingerprint density at radius 2 is 1.00 bits per heavy atom. The van der Waals surface area contributed by atoms with E-state index in [-0.39, 0.29) is 0 Å². The van der Waals surface area contributed by atoms with Crippen LogP contribution in [0.3, 0.4) is 0 Å². The summed E-state index contributed by atoms with van der Waals surface area (Å²) in [6.45, 7) is 8.16. The van der Waals surface area contributed by atoms with E-state index in [1.807, 2.05) is 0 Å². The molecule has 0 N–H and O–H groups in total. The lowest BCUT2D eigenvalue weighted by Gasteiger charge is -2.08. The third-order valence-electron chi connectivity index (χ3n) is 6.97. The van der Waals surface area contributed by atoms with E-state index < -0.39 is 0 Å². The maximum absolute atomic E-state index is 2.43. The highest BCUT2D eigenvalue weighted by molar-refractivity contribution is 4.72. The second-order valence-electron chi connectivity index (χ2n) is 10.1. The zero-order valence-corrected chi connectivity index (χ0v) is 21.8. The molecule has 1 aromatic heterocycles. The van der Waals surface area contributed by atoms with Crippen LogP contribution < -0.4 is 4.57 Å². The van der Waals surface area contributed by atoms with E-state index in [9.17, 15) is 0 Å². The van der Waals surface area contributed by atoms with Crippen molar-refractivity contribution in [2.45, 2.75) is 168 Å². The molecule has 182 valence electrons. The van der Waals surface area contributed by atoms with Crippen molar-refractivity contribution in [1.82, 2.24) is 4.57 Å². The van der Waals surface area contributed by atoms with Crippen LogP contribution in [0.2, 0.25) is 0 Å². The van der Waals surface area contributed by atoms with Gasteiger partial charge in [0.05, 0.1) is 12.6 Å². The molecule has 1 atom stereocenters. The third-order valence-corrected chi connectivity index (χ3v) is 6.97. The van der Waals surface area contributed by atoms with Crippen LogP contribution in [0, 0.1) is 0 Å². The standard InChI is InChI=1S/C29H57N2/c1-4-6-8-10-12-13-14-15-16-17-18-19-20-22-24-29(3)31-27-26-30(28-31)25-23-21-11-9-7-5-2/h26-29H,4-25H2,1-3H3/q+1. The van der Waals surface area contributed by atoms with Crippen molar-refractivity contribution in [1.29, 1.82) is 0 Å². The number of hydrogen-bond donors (Lipinski definition) is 0. The van der Waals surface area contributed by atoms with Gasteiger partial charge in [-0.05, 0) is 32.6 Å². The largest absolute Gasteiger partial charge is 0.243 e. The van der Waals surface area contributed by atoms with Crippen LogP contribution in [0.25, 0.3) is 0 Å². The van der Waals surface area contributed by atoms with Crippen molar-refractivity contribution in [2.24, 2.45) is 0 Å². The molecule has 1 rings (SSSR count). The highest BCUT2D eigenvalue weighted by Crippen LogP contribution is 2.17. The molecule has 0 saturated heterocycles. The van der Waals surface area contributed by atoms with Crippen molar-refractivity contribution in [3.63, 3.8) is 0 Å². The molecule has 0 spiro atoms. The summed E-state index contributed by atoms with van der Waals surface area (Å²) >= 11 is 0. The van der Waals surface area contributed by atoms with Crippen LogP contribution in [-0.2, 0) is 6.54 Å². The molecular weight excluding hydrogens is 376 g/mol. The maximum atomic E-state index is 2.43. The molecule has 0 bridgehead atoms. The average molecular weight is 434 g/mol. The van der Waals surface area contributed by atoms with E-state index in [4.69, 9.17) is 0 Å². The first kappa shape index (κ1) is 28.2. The van der Waals surface area contributed by atoms with Gasteiger partial charge < -0.3 is 0 Å². The molecule has 2 nitrogen and oxygen atoms in total. The lowest BCUT2D eigenvalue weighted by Crippen LogP contribution is -2.31. The zero-order chi connectivity index (χ0) is 22.4. The smallest absolute Gasteiger partial charge is 0.237 e. The van der Waals surface area contributed by atoms with Gasteiger partial charge in [0, 0.05) is 0 Å². The highest BCUT2D eigenvalue weighted by Gasteiger charge is 2.11. The number of nitrogens with zero attached hydrogens (tertiary/aromatic N) is 2. The van der Waals surface area contributed by atoms with Crippen LogP contribution in [0.1, 0.15) is 162 Å². The molecule has 0 aliphatic rings. The summed E-state index contributed by atoms with van der Waals surface area (Å²) in [7, 11) is 0. The van der Waals surface area contributed by atoms with Gasteiger partial charge in [-0.15, -0.1) is 0 Å². The molecule has 0 aliphatic carbocycles. The van der Waals surface area contributed by atoms with Crippen LogP contribution >= 0.6 is 0 Å². The molecule has 1 aromatic rings. The normalized spacial score (nSPS) is 12.5. The SMILES string of the molecule is CCCCCCCCCCCCCCCCC(C)n1cc[n+](CCCCCCCC)c1. The van der Waals surface area contributed by atoms with Gasteiger partial charge in [0.2, 0.25) is 6.33 Å². The van der Waals surface area contributed by atoms with Crippen LogP contribution in [-0.4, -0.2) is 4.57 Å². The van der Waals surface area contributed by atoms with E-state index >= 15 is 0 Å². The summed E-state index contributed by atoms with van der Waals surface area (Å²) in [5.74, 6) is 0. The minimum absolute atomic E-state index is 0.642. The van der Waals surface area contributed by atoms with E-state index in [2.05, 4.69) is 48.6 Å². The number of imidazole rings is 1. The summed E-state index contributed by atoms with van der Waals surface area (Å²) < 4.78 is 4.82. The van der Waals surface area contributed by atoms with E-state index in [1.165, 1.54) is 141 Å². The first-order valence-electron chi connectivity index (χ1n) is 14.3. The minimum Gasteiger partial charge on any atom is -0.237 e. The zero-order valence-electron chi connectivity index (χ0n) is 21.8. The summed E-state index contributed by atoms with van der Waals surface area (Å²) in [6, 6.07) is 0.642. The summed E-state index contributed by atoms with van der Waals surface area (Å²) in [5, 5.41) is 0. The van der Waals surface area contributed by atoms with Crippen LogP contribution in [0.15, 0.2) is 18.7 Å². The van der Waals surface area contributed by atoms with Gasteiger partial charge >= 0.3 is 0 Å². The molecule has 31 heavy (non-hydrogen) atoms. The lowest BCUT2D eigenvalue weighted by molar-refractivity contribution is -0.697. The number of aryl methyl sites for hydroxylation is 1. The van der Waals surface area contributed by atoms with Crippen LogP contribution in [0.5, 0.6) is 0 Å². The first-order valence-corrected chi connectivity index (χ1v) is 14.3. The topological polar surface area (TPSA) is 8.81 Å². The van der Waals surface area contributed by atoms with Gasteiger partial charge in [0.25, 0.3) is 0 Å². The van der Waals surface area contributed by atoms with Gasteiger partial charge in [0.15, 0.2) is 0 Å². The Labute approximate surface area is 196 Å². The Morgan fingerprint density at radius 1 is 0.581 bits per heavy atom. The van der Waals surface area contributed by atoms with Gasteiger partial charge in [0.1, 0.15) is 12.4 Å². The van der Waals surface area contributed by atoms with Gasteiger partial charge in [-0.2, -0.15) is 0 Å². The molecule has 0 saturated carbocycles. The maximum Gasteiger partial charge on any atom is 0.243 e. The molecule has 0 aromatic carbocycles. The molecule has 0 aliphatic heterocycles. The second-order valence-corrected chi connectivity index (χ2v) is 10.1. The monoisotopic (exact) mass is 433 g/mol. The fourth-order valence-electron chi connectivity index (χ4n) is 4.66. The van der Waals surface area contributed by atoms with Crippen molar-refractivity contribution in [3.8, 4) is 0 Å². The quantitative estimate of drug-likeness (QED) is 0.120.